The van der Waals surface area contributed by atoms with E-state index in [1.807, 2.05) is 12.1 Å². The Hall–Kier alpha value is -1.26. The van der Waals surface area contributed by atoms with Gasteiger partial charge in [0, 0.05) is 19.1 Å². The van der Waals surface area contributed by atoms with E-state index in [4.69, 9.17) is 10.5 Å². The van der Waals surface area contributed by atoms with Gasteiger partial charge in [0.1, 0.15) is 5.75 Å². The maximum absolute atomic E-state index is 12.2. The van der Waals surface area contributed by atoms with Crippen molar-refractivity contribution in [3.8, 4) is 5.75 Å². The Bertz CT molecular complexity index is 398. The number of carbonyl (C=O) groups excluding carboxylic acids is 1. The molecule has 0 aromatic heterocycles. The van der Waals surface area contributed by atoms with Gasteiger partial charge in [-0.2, -0.15) is 0 Å². The van der Waals surface area contributed by atoms with E-state index >= 15 is 0 Å². The van der Waals surface area contributed by atoms with Gasteiger partial charge in [0.15, 0.2) is 0 Å². The number of nitrogens with zero attached hydrogens (tertiary/aromatic N) is 1. The number of hydrogen-bond acceptors (Lipinski definition) is 3. The van der Waals surface area contributed by atoms with E-state index in [1.54, 1.807) is 24.1 Å². The minimum Gasteiger partial charge on any atom is -0.496 e. The van der Waals surface area contributed by atoms with Crippen molar-refractivity contribution < 1.29 is 9.53 Å². The van der Waals surface area contributed by atoms with E-state index in [9.17, 15) is 4.79 Å². The average molecular weight is 257 g/mol. The molecule has 1 amide bonds. The van der Waals surface area contributed by atoms with Gasteiger partial charge in [-0.1, -0.05) is 12.1 Å². The van der Waals surface area contributed by atoms with Crippen LogP contribution in [0.25, 0.3) is 0 Å². The van der Waals surface area contributed by atoms with E-state index < -0.39 is 0 Å². The largest absolute Gasteiger partial charge is 0.496 e. The number of para-hydroxylation sites is 1. The van der Waals surface area contributed by atoms with Crippen molar-refractivity contribution in [1.29, 1.82) is 0 Å². The minimum absolute atomic E-state index is 0. The first kappa shape index (κ1) is 13.8. The predicted molar refractivity (Wildman–Crippen MR) is 68.7 cm³/mol. The Labute approximate surface area is 107 Å². The van der Waals surface area contributed by atoms with Crippen LogP contribution in [0.4, 0.5) is 0 Å². The summed E-state index contributed by atoms with van der Waals surface area (Å²) >= 11 is 0. The molecule has 0 radical (unpaired) electrons. The first-order valence-corrected chi connectivity index (χ1v) is 5.40. The second-order valence-electron chi connectivity index (χ2n) is 4.00. The van der Waals surface area contributed by atoms with Crippen molar-refractivity contribution in [2.24, 2.45) is 5.73 Å². The van der Waals surface area contributed by atoms with Crippen LogP contribution >= 0.6 is 12.4 Å². The third-order valence-electron chi connectivity index (χ3n) is 2.85. The Balaban J connectivity index is 0.00000144. The molecule has 94 valence electrons. The molecule has 1 aromatic carbocycles. The van der Waals surface area contributed by atoms with Crippen molar-refractivity contribution in [1.82, 2.24) is 4.90 Å². The number of amides is 1. The lowest BCUT2D eigenvalue weighted by Crippen LogP contribution is -2.32. The van der Waals surface area contributed by atoms with Crippen LogP contribution in [-0.2, 0) is 0 Å². The summed E-state index contributed by atoms with van der Waals surface area (Å²) in [5.41, 5.74) is 6.40. The summed E-state index contributed by atoms with van der Waals surface area (Å²) in [6, 6.07) is 7.38. The van der Waals surface area contributed by atoms with Crippen LogP contribution in [0.2, 0.25) is 0 Å². The van der Waals surface area contributed by atoms with Crippen LogP contribution in [0.5, 0.6) is 5.75 Å². The molecule has 1 saturated heterocycles. The highest BCUT2D eigenvalue weighted by Gasteiger charge is 2.25. The zero-order chi connectivity index (χ0) is 11.5. The van der Waals surface area contributed by atoms with Crippen molar-refractivity contribution in [2.75, 3.05) is 20.2 Å². The Kier molecular flexibility index (Phi) is 4.78. The van der Waals surface area contributed by atoms with E-state index in [0.717, 1.165) is 13.0 Å². The molecule has 1 aromatic rings. The van der Waals surface area contributed by atoms with Gasteiger partial charge in [0.25, 0.3) is 5.91 Å². The van der Waals surface area contributed by atoms with Gasteiger partial charge in [-0.25, -0.2) is 0 Å². The molecular formula is C12H17ClN2O2. The van der Waals surface area contributed by atoms with Crippen LogP contribution in [0.1, 0.15) is 16.8 Å². The molecular weight excluding hydrogens is 240 g/mol. The lowest BCUT2D eigenvalue weighted by molar-refractivity contribution is 0.0787. The number of halogens is 1. The number of carbonyl (C=O) groups is 1. The molecule has 2 rings (SSSR count). The highest BCUT2D eigenvalue weighted by molar-refractivity contribution is 5.97. The third kappa shape index (κ3) is 2.90. The number of rotatable bonds is 2. The summed E-state index contributed by atoms with van der Waals surface area (Å²) in [5, 5.41) is 0. The Morgan fingerprint density at radius 2 is 2.18 bits per heavy atom. The zero-order valence-electron chi connectivity index (χ0n) is 9.76. The molecule has 0 unspecified atom stereocenters. The number of methoxy groups -OCH3 is 1. The minimum atomic E-state index is 0. The number of hydrogen-bond donors (Lipinski definition) is 1. The summed E-state index contributed by atoms with van der Waals surface area (Å²) in [5.74, 6) is 0.623. The summed E-state index contributed by atoms with van der Waals surface area (Å²) in [6.07, 6.45) is 0.876. The maximum atomic E-state index is 12.2. The van der Waals surface area contributed by atoms with Gasteiger partial charge in [-0.05, 0) is 18.6 Å². The number of likely N-dealkylation sites (tertiary alicyclic amines) is 1. The SMILES string of the molecule is COc1ccccc1C(=O)N1CC[C@@H](N)C1.Cl. The smallest absolute Gasteiger partial charge is 0.257 e. The second-order valence-corrected chi connectivity index (χ2v) is 4.00. The fourth-order valence-corrected chi connectivity index (χ4v) is 1.96. The predicted octanol–water partition coefficient (Wildman–Crippen LogP) is 1.29. The Morgan fingerprint density at radius 1 is 1.47 bits per heavy atom. The fraction of sp³-hybridized carbons (Fsp3) is 0.417. The van der Waals surface area contributed by atoms with Crippen LogP contribution in [0.3, 0.4) is 0 Å². The summed E-state index contributed by atoms with van der Waals surface area (Å²) in [4.78, 5) is 13.9. The summed E-state index contributed by atoms with van der Waals surface area (Å²) < 4.78 is 5.17. The average Bonchev–Trinajstić information content (AvgIpc) is 2.75. The van der Waals surface area contributed by atoms with Crippen LogP contribution < -0.4 is 10.5 Å². The topological polar surface area (TPSA) is 55.6 Å². The molecule has 0 saturated carbocycles. The zero-order valence-corrected chi connectivity index (χ0v) is 10.6. The molecule has 0 aliphatic carbocycles. The molecule has 4 nitrogen and oxygen atoms in total. The molecule has 1 heterocycles. The maximum Gasteiger partial charge on any atom is 0.257 e. The number of nitrogens with two attached hydrogens (primary N) is 1. The molecule has 17 heavy (non-hydrogen) atoms. The number of ether oxygens (including phenoxy) is 1. The van der Waals surface area contributed by atoms with Crippen LogP contribution in [0.15, 0.2) is 24.3 Å². The molecule has 1 fully saturated rings. The Morgan fingerprint density at radius 3 is 2.76 bits per heavy atom. The molecule has 1 aliphatic heterocycles. The highest BCUT2D eigenvalue weighted by Crippen LogP contribution is 2.21. The van der Waals surface area contributed by atoms with E-state index in [0.29, 0.717) is 17.9 Å². The van der Waals surface area contributed by atoms with Crippen molar-refractivity contribution in [3.05, 3.63) is 29.8 Å². The molecule has 1 atom stereocenters. The fourth-order valence-electron chi connectivity index (χ4n) is 1.96. The van der Waals surface area contributed by atoms with E-state index in [1.165, 1.54) is 0 Å². The summed E-state index contributed by atoms with van der Waals surface area (Å²) in [7, 11) is 1.57. The van der Waals surface area contributed by atoms with Gasteiger partial charge in [-0.3, -0.25) is 4.79 Å². The first-order chi connectivity index (χ1) is 7.72. The molecule has 1 aliphatic rings. The van der Waals surface area contributed by atoms with Gasteiger partial charge >= 0.3 is 0 Å². The van der Waals surface area contributed by atoms with Gasteiger partial charge < -0.3 is 15.4 Å². The van der Waals surface area contributed by atoms with E-state index in [2.05, 4.69) is 0 Å². The van der Waals surface area contributed by atoms with Gasteiger partial charge in [0.05, 0.1) is 12.7 Å². The lowest BCUT2D eigenvalue weighted by atomic mass is 10.2. The first-order valence-electron chi connectivity index (χ1n) is 5.40. The molecule has 2 N–H and O–H groups in total. The van der Waals surface area contributed by atoms with E-state index in [-0.39, 0.29) is 24.4 Å². The van der Waals surface area contributed by atoms with Crippen LogP contribution in [0, 0.1) is 0 Å². The highest BCUT2D eigenvalue weighted by atomic mass is 35.5. The molecule has 0 bridgehead atoms. The lowest BCUT2D eigenvalue weighted by Gasteiger charge is -2.17. The van der Waals surface area contributed by atoms with Crippen molar-refractivity contribution >= 4 is 18.3 Å². The molecule has 0 spiro atoms. The number of benzene rings is 1. The summed E-state index contributed by atoms with van der Waals surface area (Å²) in [6.45, 7) is 1.37. The van der Waals surface area contributed by atoms with Crippen molar-refractivity contribution in [2.45, 2.75) is 12.5 Å². The monoisotopic (exact) mass is 256 g/mol. The quantitative estimate of drug-likeness (QED) is 0.868. The second kappa shape index (κ2) is 5.89. The third-order valence-corrected chi connectivity index (χ3v) is 2.85. The normalized spacial score (nSPS) is 18.7. The molecule has 5 heteroatoms. The van der Waals surface area contributed by atoms with Gasteiger partial charge in [-0.15, -0.1) is 12.4 Å². The van der Waals surface area contributed by atoms with Crippen LogP contribution in [-0.4, -0.2) is 37.0 Å². The standard InChI is InChI=1S/C12H16N2O2.ClH/c1-16-11-5-3-2-4-10(11)12(15)14-7-6-9(13)8-14;/h2-5,9H,6-8,13H2,1H3;1H/t9-;/m1./s1. The van der Waals surface area contributed by atoms with Gasteiger partial charge in [0.2, 0.25) is 0 Å². The van der Waals surface area contributed by atoms with Crippen molar-refractivity contribution in [3.63, 3.8) is 0 Å².